The molecule has 0 fully saturated rings. The van der Waals surface area contributed by atoms with Crippen LogP contribution in [0.15, 0.2) is 23.5 Å². The normalized spacial score (nSPS) is 15.4. The Labute approximate surface area is 137 Å². The number of esters is 1. The zero-order valence-corrected chi connectivity index (χ0v) is 14.4. The Kier molecular flexibility index (Phi) is 6.55. The Balaban J connectivity index is 2.82. The van der Waals surface area contributed by atoms with E-state index in [1.165, 1.54) is 11.0 Å². The van der Waals surface area contributed by atoms with Crippen LogP contribution < -0.4 is 0 Å². The van der Waals surface area contributed by atoms with Crippen molar-refractivity contribution in [3.63, 3.8) is 0 Å². The summed E-state index contributed by atoms with van der Waals surface area (Å²) in [5, 5.41) is 9.95. The van der Waals surface area contributed by atoms with Crippen molar-refractivity contribution in [2.75, 3.05) is 41.8 Å². The lowest BCUT2D eigenvalue weighted by molar-refractivity contribution is -0.873. The number of allylic oxidation sites excluding steroid dienone is 2. The van der Waals surface area contributed by atoms with Crippen LogP contribution in [0.2, 0.25) is 0 Å². The van der Waals surface area contributed by atoms with Crippen molar-refractivity contribution in [3.05, 3.63) is 23.5 Å². The number of aliphatic hydroxyl groups excluding tert-OH is 1. The molecule has 1 aliphatic carbocycles. The minimum Gasteiger partial charge on any atom is -0.426 e. The zero-order valence-electron chi connectivity index (χ0n) is 14.4. The summed E-state index contributed by atoms with van der Waals surface area (Å²) < 4.78 is 5.84. The summed E-state index contributed by atoms with van der Waals surface area (Å²) in [5.41, 5.74) is 0.339. The highest BCUT2D eigenvalue weighted by Crippen LogP contribution is 2.17. The number of carbonyl (C=O) groups excluding carboxylic acids is 2. The van der Waals surface area contributed by atoms with Gasteiger partial charge in [-0.3, -0.25) is 9.59 Å². The van der Waals surface area contributed by atoms with E-state index < -0.39 is 12.1 Å². The molecule has 0 heterocycles. The van der Waals surface area contributed by atoms with E-state index in [0.29, 0.717) is 16.6 Å². The van der Waals surface area contributed by atoms with Gasteiger partial charge in [0.25, 0.3) is 5.91 Å². The first-order valence-corrected chi connectivity index (χ1v) is 7.39. The van der Waals surface area contributed by atoms with E-state index in [9.17, 15) is 14.7 Å². The summed E-state index contributed by atoms with van der Waals surface area (Å²) in [7, 11) is 9.03. The highest BCUT2D eigenvalue weighted by molar-refractivity contribution is 5.95. The number of likely N-dealkylation sites (N-methyl/N-ethyl adjacent to an activating group) is 2. The van der Waals surface area contributed by atoms with Crippen LogP contribution in [-0.2, 0) is 14.3 Å². The molecule has 6 heteroatoms. The van der Waals surface area contributed by atoms with E-state index >= 15 is 0 Å². The summed E-state index contributed by atoms with van der Waals surface area (Å²) in [6, 6.07) is 0. The van der Waals surface area contributed by atoms with Gasteiger partial charge in [-0.05, 0) is 12.2 Å². The van der Waals surface area contributed by atoms with Gasteiger partial charge in [0.2, 0.25) is 0 Å². The van der Waals surface area contributed by atoms with E-state index in [-0.39, 0.29) is 24.5 Å². The maximum Gasteiger partial charge on any atom is 0.314 e. The van der Waals surface area contributed by atoms with Crippen molar-refractivity contribution in [1.82, 2.24) is 4.90 Å². The number of ether oxygens (including phenoxy) is 1. The van der Waals surface area contributed by atoms with E-state index in [1.54, 1.807) is 20.2 Å². The average molecular weight is 321 g/mol. The molecule has 1 aliphatic rings. The Bertz CT molecular complexity index is 586. The molecular formula is C17H25N2O4+. The molecule has 126 valence electrons. The SMILES string of the molecule is CN(C)C(=O)C1=C(OC(=O)CC(O)C[N+](C)(C)C)C=CC#CC1. The molecule has 0 aromatic heterocycles. The molecule has 1 atom stereocenters. The third-order valence-electron chi connectivity index (χ3n) is 3.03. The molecular weight excluding hydrogens is 296 g/mol. The maximum absolute atomic E-state index is 12.2. The fourth-order valence-electron chi connectivity index (χ4n) is 2.10. The van der Waals surface area contributed by atoms with Crippen LogP contribution in [0.5, 0.6) is 0 Å². The summed E-state index contributed by atoms with van der Waals surface area (Å²) in [4.78, 5) is 25.6. The van der Waals surface area contributed by atoms with Gasteiger partial charge in [-0.2, -0.15) is 0 Å². The molecule has 0 bridgehead atoms. The molecule has 1 unspecified atom stereocenters. The van der Waals surface area contributed by atoms with Crippen LogP contribution in [0, 0.1) is 11.8 Å². The first kappa shape index (κ1) is 18.9. The fourth-order valence-corrected chi connectivity index (χ4v) is 2.10. The zero-order chi connectivity index (χ0) is 17.6. The predicted octanol–water partition coefficient (Wildman–Crippen LogP) is 0.292. The first-order chi connectivity index (χ1) is 10.6. The van der Waals surface area contributed by atoms with Gasteiger partial charge in [0.1, 0.15) is 18.4 Å². The number of amides is 1. The Morgan fingerprint density at radius 2 is 2.04 bits per heavy atom. The molecule has 6 nitrogen and oxygen atoms in total. The molecule has 1 N–H and O–H groups in total. The van der Waals surface area contributed by atoms with Crippen LogP contribution >= 0.6 is 0 Å². The van der Waals surface area contributed by atoms with Gasteiger partial charge >= 0.3 is 5.97 Å². The lowest BCUT2D eigenvalue weighted by Crippen LogP contribution is -2.42. The molecule has 0 saturated carbocycles. The number of nitrogens with zero attached hydrogens (tertiary/aromatic N) is 2. The molecule has 0 saturated heterocycles. The largest absolute Gasteiger partial charge is 0.426 e. The quantitative estimate of drug-likeness (QED) is 0.434. The van der Waals surface area contributed by atoms with Gasteiger partial charge < -0.3 is 19.2 Å². The highest BCUT2D eigenvalue weighted by atomic mass is 16.5. The number of hydrogen-bond donors (Lipinski definition) is 1. The molecule has 0 aromatic rings. The summed E-state index contributed by atoms with van der Waals surface area (Å²) in [6.45, 7) is 0.427. The lowest BCUT2D eigenvalue weighted by Gasteiger charge is -2.26. The monoisotopic (exact) mass is 321 g/mol. The van der Waals surface area contributed by atoms with Gasteiger partial charge in [-0.1, -0.05) is 11.8 Å². The molecule has 1 amide bonds. The van der Waals surface area contributed by atoms with Crippen LogP contribution in [0.1, 0.15) is 12.8 Å². The average Bonchev–Trinajstić information content (AvgIpc) is 2.60. The molecule has 0 aliphatic heterocycles. The van der Waals surface area contributed by atoms with Gasteiger partial charge in [-0.15, -0.1) is 0 Å². The minimum absolute atomic E-state index is 0.128. The van der Waals surface area contributed by atoms with Gasteiger partial charge in [0.15, 0.2) is 0 Å². The van der Waals surface area contributed by atoms with E-state index in [4.69, 9.17) is 4.74 Å². The molecule has 1 rings (SSSR count). The van der Waals surface area contributed by atoms with E-state index in [2.05, 4.69) is 11.8 Å². The van der Waals surface area contributed by atoms with Crippen molar-refractivity contribution in [1.29, 1.82) is 0 Å². The number of rotatable bonds is 6. The second-order valence-electron chi connectivity index (χ2n) is 6.68. The number of quaternary nitrogens is 1. The van der Waals surface area contributed by atoms with Crippen molar-refractivity contribution in [2.45, 2.75) is 18.9 Å². The van der Waals surface area contributed by atoms with Crippen molar-refractivity contribution in [2.24, 2.45) is 0 Å². The maximum atomic E-state index is 12.2. The number of carbonyl (C=O) groups is 2. The highest BCUT2D eigenvalue weighted by Gasteiger charge is 2.23. The number of hydrogen-bond acceptors (Lipinski definition) is 4. The topological polar surface area (TPSA) is 66.8 Å². The summed E-state index contributed by atoms with van der Waals surface area (Å²) >= 11 is 0. The Morgan fingerprint density at radius 1 is 1.39 bits per heavy atom. The van der Waals surface area contributed by atoms with Crippen LogP contribution in [-0.4, -0.2) is 74.3 Å². The Hall–Kier alpha value is -2.10. The van der Waals surface area contributed by atoms with Crippen molar-refractivity contribution < 1.29 is 23.9 Å². The summed E-state index contributed by atoms with van der Waals surface area (Å²) in [6.07, 6.45) is 2.34. The predicted molar refractivity (Wildman–Crippen MR) is 86.9 cm³/mol. The molecule has 0 spiro atoms. The number of aliphatic hydroxyl groups is 1. The van der Waals surface area contributed by atoms with Crippen LogP contribution in [0.3, 0.4) is 0 Å². The van der Waals surface area contributed by atoms with Gasteiger partial charge in [-0.25, -0.2) is 0 Å². The van der Waals surface area contributed by atoms with E-state index in [1.807, 2.05) is 21.1 Å². The van der Waals surface area contributed by atoms with Gasteiger partial charge in [0.05, 0.1) is 33.1 Å². The summed E-state index contributed by atoms with van der Waals surface area (Å²) in [5.74, 6) is 4.94. The smallest absolute Gasteiger partial charge is 0.314 e. The first-order valence-electron chi connectivity index (χ1n) is 7.39. The lowest BCUT2D eigenvalue weighted by atomic mass is 10.1. The van der Waals surface area contributed by atoms with Crippen molar-refractivity contribution >= 4 is 11.9 Å². The van der Waals surface area contributed by atoms with Crippen LogP contribution in [0.4, 0.5) is 0 Å². The third-order valence-corrected chi connectivity index (χ3v) is 3.03. The molecule has 0 radical (unpaired) electrons. The molecule has 0 aromatic carbocycles. The van der Waals surface area contributed by atoms with E-state index in [0.717, 1.165) is 0 Å². The van der Waals surface area contributed by atoms with Gasteiger partial charge in [0, 0.05) is 20.5 Å². The fraction of sp³-hybridized carbons (Fsp3) is 0.529. The van der Waals surface area contributed by atoms with Crippen molar-refractivity contribution in [3.8, 4) is 11.8 Å². The Morgan fingerprint density at radius 3 is 2.61 bits per heavy atom. The second-order valence-corrected chi connectivity index (χ2v) is 6.68. The standard InChI is InChI=1S/C17H25N2O4/c1-18(2)17(22)14-9-7-6-8-10-15(14)23-16(21)11-13(20)12-19(3,4)5/h8,10,13,20H,9,11-12H2,1-5H3/q+1. The molecule has 23 heavy (non-hydrogen) atoms. The third kappa shape index (κ3) is 6.68. The second kappa shape index (κ2) is 7.95. The van der Waals surface area contributed by atoms with Crippen LogP contribution in [0.25, 0.3) is 0 Å². The minimum atomic E-state index is -0.804.